The Kier molecular flexibility index (Phi) is 5.45. The van der Waals surface area contributed by atoms with Gasteiger partial charge in [0.15, 0.2) is 0 Å². The number of hydrogen-bond donors (Lipinski definition) is 2. The van der Waals surface area contributed by atoms with Crippen molar-refractivity contribution in [1.29, 1.82) is 0 Å². The molecule has 1 unspecified atom stereocenters. The first kappa shape index (κ1) is 14.6. The number of nitrogens with zero attached hydrogens (tertiary/aromatic N) is 2. The van der Waals surface area contributed by atoms with Crippen molar-refractivity contribution < 1.29 is 0 Å². The predicted octanol–water partition coefficient (Wildman–Crippen LogP) is 3.06. The topological polar surface area (TPSA) is 63.8 Å². The van der Waals surface area contributed by atoms with E-state index >= 15 is 0 Å². The van der Waals surface area contributed by atoms with E-state index in [0.29, 0.717) is 5.25 Å². The van der Waals surface area contributed by atoms with E-state index < -0.39 is 0 Å². The van der Waals surface area contributed by atoms with Gasteiger partial charge in [-0.2, -0.15) is 11.8 Å². The van der Waals surface area contributed by atoms with Crippen molar-refractivity contribution in [2.24, 2.45) is 5.84 Å². The van der Waals surface area contributed by atoms with E-state index in [4.69, 9.17) is 10.8 Å². The Balaban J connectivity index is 2.19. The summed E-state index contributed by atoms with van der Waals surface area (Å²) in [5.74, 6) is 8.26. The lowest BCUT2D eigenvalue weighted by atomic mass is 10.1. The Morgan fingerprint density at radius 3 is 2.79 bits per heavy atom. The molecule has 19 heavy (non-hydrogen) atoms. The van der Waals surface area contributed by atoms with Gasteiger partial charge < -0.3 is 5.43 Å². The summed E-state index contributed by atoms with van der Waals surface area (Å²) in [6.45, 7) is 4.46. The molecule has 1 aliphatic rings. The van der Waals surface area contributed by atoms with Crippen molar-refractivity contribution in [1.82, 2.24) is 9.97 Å². The van der Waals surface area contributed by atoms with Gasteiger partial charge in [0.1, 0.15) is 11.6 Å². The zero-order valence-electron chi connectivity index (χ0n) is 11.9. The summed E-state index contributed by atoms with van der Waals surface area (Å²) in [4.78, 5) is 9.35. The number of thioether (sulfide) groups is 1. The number of hydrazine groups is 1. The number of fused-ring (bicyclic) bond motifs is 1. The lowest BCUT2D eigenvalue weighted by molar-refractivity contribution is 0.708. The Labute approximate surface area is 119 Å². The van der Waals surface area contributed by atoms with Gasteiger partial charge >= 0.3 is 0 Å². The molecule has 5 heteroatoms. The SMILES string of the molecule is CCC(C)SCc1nc2c(c(NN)n1)CCCCC2. The van der Waals surface area contributed by atoms with Gasteiger partial charge in [0.25, 0.3) is 0 Å². The standard InChI is InChI=1S/C14H24N4S/c1-3-10(2)19-9-13-16-12-8-6-4-5-7-11(12)14(17-13)18-15/h10H,3-9,15H2,1-2H3,(H,16,17,18). The fourth-order valence-electron chi connectivity index (χ4n) is 2.34. The van der Waals surface area contributed by atoms with E-state index in [1.54, 1.807) is 0 Å². The number of anilines is 1. The number of nitrogen functional groups attached to an aromatic ring is 1. The molecular weight excluding hydrogens is 256 g/mol. The summed E-state index contributed by atoms with van der Waals surface area (Å²) in [6.07, 6.45) is 7.01. The highest BCUT2D eigenvalue weighted by Crippen LogP contribution is 2.26. The molecule has 1 aromatic rings. The minimum absolute atomic E-state index is 0.650. The fourth-order valence-corrected chi connectivity index (χ4v) is 3.14. The second-order valence-electron chi connectivity index (χ2n) is 5.15. The first-order valence-corrected chi connectivity index (χ1v) is 8.26. The van der Waals surface area contributed by atoms with Gasteiger partial charge in [-0.1, -0.05) is 20.3 Å². The van der Waals surface area contributed by atoms with Gasteiger partial charge in [-0.3, -0.25) is 0 Å². The highest BCUT2D eigenvalue weighted by atomic mass is 32.2. The predicted molar refractivity (Wildman–Crippen MR) is 82.1 cm³/mol. The molecule has 0 bridgehead atoms. The molecule has 0 saturated heterocycles. The third-order valence-electron chi connectivity index (χ3n) is 3.69. The fraction of sp³-hybridized carbons (Fsp3) is 0.714. The highest BCUT2D eigenvalue weighted by Gasteiger charge is 2.16. The van der Waals surface area contributed by atoms with E-state index in [1.165, 1.54) is 36.9 Å². The average molecular weight is 280 g/mol. The molecule has 0 fully saturated rings. The van der Waals surface area contributed by atoms with Crippen LogP contribution in [-0.4, -0.2) is 15.2 Å². The van der Waals surface area contributed by atoms with Crippen LogP contribution in [0.25, 0.3) is 0 Å². The zero-order valence-corrected chi connectivity index (χ0v) is 12.7. The number of nitrogens with two attached hydrogens (primary N) is 1. The van der Waals surface area contributed by atoms with Gasteiger partial charge in [0.05, 0.1) is 5.75 Å². The molecular formula is C14H24N4S. The molecule has 0 spiro atoms. The summed E-state index contributed by atoms with van der Waals surface area (Å²) in [5.41, 5.74) is 5.21. The number of hydrogen-bond acceptors (Lipinski definition) is 5. The molecule has 0 amide bonds. The average Bonchev–Trinajstić information content (AvgIpc) is 2.68. The maximum Gasteiger partial charge on any atom is 0.147 e. The maximum atomic E-state index is 5.63. The first-order chi connectivity index (χ1) is 9.24. The van der Waals surface area contributed by atoms with Crippen molar-refractivity contribution in [3.63, 3.8) is 0 Å². The number of aryl methyl sites for hydroxylation is 1. The molecule has 1 aromatic heterocycles. The number of nitrogens with one attached hydrogen (secondary N) is 1. The van der Waals surface area contributed by atoms with E-state index in [0.717, 1.165) is 30.2 Å². The van der Waals surface area contributed by atoms with E-state index in [2.05, 4.69) is 24.3 Å². The van der Waals surface area contributed by atoms with Crippen LogP contribution < -0.4 is 11.3 Å². The van der Waals surface area contributed by atoms with Crippen LogP contribution >= 0.6 is 11.8 Å². The molecule has 1 heterocycles. The van der Waals surface area contributed by atoms with Crippen molar-refractivity contribution >= 4 is 17.6 Å². The van der Waals surface area contributed by atoms with Crippen LogP contribution in [0.2, 0.25) is 0 Å². The third-order valence-corrected chi connectivity index (χ3v) is 5.02. The van der Waals surface area contributed by atoms with Crippen LogP contribution in [0.4, 0.5) is 5.82 Å². The van der Waals surface area contributed by atoms with E-state index in [9.17, 15) is 0 Å². The maximum absolute atomic E-state index is 5.63. The minimum Gasteiger partial charge on any atom is -0.308 e. The number of rotatable bonds is 5. The summed E-state index contributed by atoms with van der Waals surface area (Å²) in [5, 5.41) is 0.650. The minimum atomic E-state index is 0.650. The molecule has 3 N–H and O–H groups in total. The monoisotopic (exact) mass is 280 g/mol. The molecule has 0 aromatic carbocycles. The number of aromatic nitrogens is 2. The van der Waals surface area contributed by atoms with Gasteiger partial charge in [-0.05, 0) is 32.1 Å². The Morgan fingerprint density at radius 2 is 2.05 bits per heavy atom. The molecule has 4 nitrogen and oxygen atoms in total. The van der Waals surface area contributed by atoms with Gasteiger partial charge in [-0.15, -0.1) is 0 Å². The highest BCUT2D eigenvalue weighted by molar-refractivity contribution is 7.99. The summed E-state index contributed by atoms with van der Waals surface area (Å²) in [7, 11) is 0. The summed E-state index contributed by atoms with van der Waals surface area (Å²) in [6, 6.07) is 0. The van der Waals surface area contributed by atoms with E-state index in [1.807, 2.05) is 11.8 Å². The van der Waals surface area contributed by atoms with Crippen LogP contribution in [-0.2, 0) is 18.6 Å². The quantitative estimate of drug-likeness (QED) is 0.493. The van der Waals surface area contributed by atoms with Gasteiger partial charge in [0.2, 0.25) is 0 Å². The second-order valence-corrected chi connectivity index (χ2v) is 6.58. The van der Waals surface area contributed by atoms with Crippen LogP contribution in [0.15, 0.2) is 0 Å². The smallest absolute Gasteiger partial charge is 0.147 e. The second kappa shape index (κ2) is 7.10. The molecule has 0 aliphatic heterocycles. The molecule has 106 valence electrons. The van der Waals surface area contributed by atoms with Crippen LogP contribution in [0.5, 0.6) is 0 Å². The molecule has 0 radical (unpaired) electrons. The molecule has 2 rings (SSSR count). The lowest BCUT2D eigenvalue weighted by Crippen LogP contribution is -2.15. The summed E-state index contributed by atoms with van der Waals surface area (Å²) < 4.78 is 0. The Hall–Kier alpha value is -0.810. The van der Waals surface area contributed by atoms with Gasteiger partial charge in [0, 0.05) is 16.5 Å². The van der Waals surface area contributed by atoms with Crippen molar-refractivity contribution in [3.05, 3.63) is 17.1 Å². The normalized spacial score (nSPS) is 16.6. The molecule has 1 atom stereocenters. The van der Waals surface area contributed by atoms with Crippen molar-refractivity contribution in [3.8, 4) is 0 Å². The zero-order chi connectivity index (χ0) is 13.7. The van der Waals surface area contributed by atoms with Crippen LogP contribution in [0.3, 0.4) is 0 Å². The molecule has 1 aliphatic carbocycles. The van der Waals surface area contributed by atoms with Crippen molar-refractivity contribution in [2.45, 2.75) is 63.4 Å². The largest absolute Gasteiger partial charge is 0.308 e. The Morgan fingerprint density at radius 1 is 1.26 bits per heavy atom. The van der Waals surface area contributed by atoms with Crippen LogP contribution in [0, 0.1) is 0 Å². The lowest BCUT2D eigenvalue weighted by Gasteiger charge is -2.13. The third kappa shape index (κ3) is 3.83. The first-order valence-electron chi connectivity index (χ1n) is 7.21. The van der Waals surface area contributed by atoms with E-state index in [-0.39, 0.29) is 0 Å². The van der Waals surface area contributed by atoms with Crippen molar-refractivity contribution in [2.75, 3.05) is 5.43 Å². The van der Waals surface area contributed by atoms with Crippen LogP contribution in [0.1, 0.15) is 56.6 Å². The Bertz CT molecular complexity index is 422. The molecule has 0 saturated carbocycles. The van der Waals surface area contributed by atoms with Gasteiger partial charge in [-0.25, -0.2) is 15.8 Å². The summed E-state index contributed by atoms with van der Waals surface area (Å²) >= 11 is 1.91.